The van der Waals surface area contributed by atoms with E-state index in [1.54, 1.807) is 20.1 Å². The molecule has 1 saturated carbocycles. The summed E-state index contributed by atoms with van der Waals surface area (Å²) in [4.78, 5) is 0. The van der Waals surface area contributed by atoms with Gasteiger partial charge in [0.05, 0.1) is 18.5 Å². The molecule has 0 amide bonds. The van der Waals surface area contributed by atoms with Gasteiger partial charge in [-0.25, -0.2) is 4.68 Å². The van der Waals surface area contributed by atoms with Crippen LogP contribution in [0.25, 0.3) is 0 Å². The normalized spacial score (nSPS) is 22.9. The lowest BCUT2D eigenvalue weighted by atomic mass is 9.89. The monoisotopic (exact) mass is 346 g/mol. The number of aryl methyl sites for hydroxylation is 1. The van der Waals surface area contributed by atoms with Crippen LogP contribution in [0.5, 0.6) is 0 Å². The zero-order valence-corrected chi connectivity index (χ0v) is 15.5. The van der Waals surface area contributed by atoms with Crippen molar-refractivity contribution in [2.24, 2.45) is 0 Å². The van der Waals surface area contributed by atoms with Gasteiger partial charge in [-0.05, 0) is 52.2 Å². The minimum atomic E-state index is -0.952. The van der Waals surface area contributed by atoms with E-state index in [1.807, 2.05) is 23.0 Å². The van der Waals surface area contributed by atoms with E-state index in [2.05, 4.69) is 22.6 Å². The van der Waals surface area contributed by atoms with Gasteiger partial charge < -0.3 is 14.8 Å². The molecule has 138 valence electrons. The van der Waals surface area contributed by atoms with Crippen molar-refractivity contribution in [3.05, 3.63) is 36.0 Å². The molecule has 0 unspecified atom stereocenters. The molecular formula is C19H30N4O2. The van der Waals surface area contributed by atoms with E-state index in [0.717, 1.165) is 31.4 Å². The molecule has 3 rings (SSSR count). The summed E-state index contributed by atoms with van der Waals surface area (Å²) in [7, 11) is 0. The van der Waals surface area contributed by atoms with Gasteiger partial charge in [-0.3, -0.25) is 0 Å². The zero-order valence-electron chi connectivity index (χ0n) is 15.5. The molecule has 0 saturated heterocycles. The van der Waals surface area contributed by atoms with Gasteiger partial charge in [0.2, 0.25) is 0 Å². The summed E-state index contributed by atoms with van der Waals surface area (Å²) in [6, 6.07) is 5.06. The standard InChI is InChI=1S/C19H30N4O2/c1-14(10-11-15-7-6-12-25-15)20-16-8-4-5-9-17(16)23-13-18(21-22-23)19(2,3)24/h6-7,12-14,16-17,20,24H,4-5,8-11H2,1-3H3/t14-,16+,17-/m1/s1. The highest BCUT2D eigenvalue weighted by Crippen LogP contribution is 2.29. The highest BCUT2D eigenvalue weighted by atomic mass is 16.3. The number of nitrogens with zero attached hydrogens (tertiary/aromatic N) is 3. The van der Waals surface area contributed by atoms with Gasteiger partial charge in [-0.2, -0.15) is 0 Å². The molecule has 2 aromatic heterocycles. The number of furan rings is 1. The second kappa shape index (κ2) is 7.70. The molecule has 1 aliphatic carbocycles. The summed E-state index contributed by atoms with van der Waals surface area (Å²) < 4.78 is 7.37. The first-order chi connectivity index (χ1) is 11.9. The number of nitrogens with one attached hydrogen (secondary N) is 1. The molecule has 0 spiro atoms. The number of rotatable bonds is 7. The van der Waals surface area contributed by atoms with Crippen LogP contribution < -0.4 is 5.32 Å². The Labute approximate surface area is 149 Å². The van der Waals surface area contributed by atoms with E-state index in [0.29, 0.717) is 23.8 Å². The molecule has 1 fully saturated rings. The first-order valence-corrected chi connectivity index (χ1v) is 9.36. The lowest BCUT2D eigenvalue weighted by molar-refractivity contribution is 0.0736. The van der Waals surface area contributed by atoms with E-state index in [-0.39, 0.29) is 0 Å². The summed E-state index contributed by atoms with van der Waals surface area (Å²) in [5.41, 5.74) is -0.325. The molecule has 2 heterocycles. The maximum absolute atomic E-state index is 10.1. The Balaban J connectivity index is 1.61. The fourth-order valence-electron chi connectivity index (χ4n) is 3.60. The fraction of sp³-hybridized carbons (Fsp3) is 0.684. The van der Waals surface area contributed by atoms with Crippen LogP contribution in [-0.2, 0) is 12.0 Å². The van der Waals surface area contributed by atoms with Gasteiger partial charge >= 0.3 is 0 Å². The molecule has 0 bridgehead atoms. The van der Waals surface area contributed by atoms with Gasteiger partial charge in [-0.15, -0.1) is 5.10 Å². The Morgan fingerprint density at radius 2 is 2.20 bits per heavy atom. The van der Waals surface area contributed by atoms with Gasteiger partial charge in [0, 0.05) is 18.5 Å². The van der Waals surface area contributed by atoms with Crippen molar-refractivity contribution in [2.75, 3.05) is 0 Å². The minimum Gasteiger partial charge on any atom is -0.469 e. The quantitative estimate of drug-likeness (QED) is 0.805. The van der Waals surface area contributed by atoms with Gasteiger partial charge in [-0.1, -0.05) is 18.1 Å². The van der Waals surface area contributed by atoms with Crippen LogP contribution in [0.1, 0.15) is 70.4 Å². The first kappa shape index (κ1) is 18.1. The van der Waals surface area contributed by atoms with Crippen LogP contribution in [0.15, 0.2) is 29.0 Å². The molecule has 2 N–H and O–H groups in total. The van der Waals surface area contributed by atoms with E-state index < -0.39 is 5.60 Å². The maximum Gasteiger partial charge on any atom is 0.114 e. The average Bonchev–Trinajstić information content (AvgIpc) is 3.25. The summed E-state index contributed by atoms with van der Waals surface area (Å²) in [5.74, 6) is 1.04. The van der Waals surface area contributed by atoms with Crippen LogP contribution >= 0.6 is 0 Å². The second-order valence-electron chi connectivity index (χ2n) is 7.79. The van der Waals surface area contributed by atoms with Crippen molar-refractivity contribution in [1.29, 1.82) is 0 Å². The Kier molecular flexibility index (Phi) is 5.59. The van der Waals surface area contributed by atoms with Crippen LogP contribution in [0.2, 0.25) is 0 Å². The molecular weight excluding hydrogens is 316 g/mol. The van der Waals surface area contributed by atoms with Crippen LogP contribution in [-0.4, -0.2) is 32.2 Å². The minimum absolute atomic E-state index is 0.295. The van der Waals surface area contributed by atoms with Crippen molar-refractivity contribution < 1.29 is 9.52 Å². The van der Waals surface area contributed by atoms with Crippen molar-refractivity contribution in [2.45, 2.75) is 83.0 Å². The van der Waals surface area contributed by atoms with Crippen molar-refractivity contribution in [3.8, 4) is 0 Å². The summed E-state index contributed by atoms with van der Waals surface area (Å²) >= 11 is 0. The van der Waals surface area contributed by atoms with Crippen LogP contribution in [0, 0.1) is 0 Å². The van der Waals surface area contributed by atoms with Gasteiger partial charge in [0.15, 0.2) is 0 Å². The average molecular weight is 346 g/mol. The molecule has 3 atom stereocenters. The van der Waals surface area contributed by atoms with Crippen LogP contribution in [0.3, 0.4) is 0 Å². The van der Waals surface area contributed by atoms with E-state index in [9.17, 15) is 5.11 Å². The molecule has 0 aliphatic heterocycles. The lowest BCUT2D eigenvalue weighted by Gasteiger charge is -2.34. The zero-order chi connectivity index (χ0) is 17.9. The van der Waals surface area contributed by atoms with Crippen molar-refractivity contribution in [3.63, 3.8) is 0 Å². The highest BCUT2D eigenvalue weighted by Gasteiger charge is 2.30. The number of hydrogen-bond acceptors (Lipinski definition) is 5. The molecule has 25 heavy (non-hydrogen) atoms. The van der Waals surface area contributed by atoms with Crippen LogP contribution in [0.4, 0.5) is 0 Å². The van der Waals surface area contributed by atoms with Crippen molar-refractivity contribution in [1.82, 2.24) is 20.3 Å². The molecule has 6 heteroatoms. The molecule has 2 aromatic rings. The molecule has 0 aromatic carbocycles. The third kappa shape index (κ3) is 4.70. The van der Waals surface area contributed by atoms with E-state index >= 15 is 0 Å². The molecule has 0 radical (unpaired) electrons. The molecule has 6 nitrogen and oxygen atoms in total. The maximum atomic E-state index is 10.1. The topological polar surface area (TPSA) is 76.1 Å². The predicted octanol–water partition coefficient (Wildman–Crippen LogP) is 3.19. The summed E-state index contributed by atoms with van der Waals surface area (Å²) in [6.45, 7) is 5.72. The summed E-state index contributed by atoms with van der Waals surface area (Å²) in [6.07, 6.45) is 10.3. The van der Waals surface area contributed by atoms with E-state index in [1.165, 1.54) is 12.8 Å². The SMILES string of the molecule is C[C@H](CCc1ccco1)N[C@H]1CCCC[C@H]1n1cc(C(C)(C)O)nn1. The third-order valence-electron chi connectivity index (χ3n) is 5.11. The van der Waals surface area contributed by atoms with Gasteiger partial charge in [0.25, 0.3) is 0 Å². The largest absolute Gasteiger partial charge is 0.469 e. The number of hydrogen-bond donors (Lipinski definition) is 2. The Bertz CT molecular complexity index is 645. The fourth-order valence-corrected chi connectivity index (χ4v) is 3.60. The Hall–Kier alpha value is -1.66. The Morgan fingerprint density at radius 1 is 1.40 bits per heavy atom. The first-order valence-electron chi connectivity index (χ1n) is 9.36. The van der Waals surface area contributed by atoms with E-state index in [4.69, 9.17) is 4.42 Å². The number of aromatic nitrogens is 3. The Morgan fingerprint density at radius 3 is 2.88 bits per heavy atom. The number of aliphatic hydroxyl groups is 1. The smallest absolute Gasteiger partial charge is 0.114 e. The van der Waals surface area contributed by atoms with Gasteiger partial charge in [0.1, 0.15) is 17.1 Å². The third-order valence-corrected chi connectivity index (χ3v) is 5.11. The summed E-state index contributed by atoms with van der Waals surface area (Å²) in [5, 5.41) is 22.4. The second-order valence-corrected chi connectivity index (χ2v) is 7.79. The van der Waals surface area contributed by atoms with Crippen molar-refractivity contribution >= 4 is 0 Å². The lowest BCUT2D eigenvalue weighted by Crippen LogP contribution is -2.44. The predicted molar refractivity (Wildman–Crippen MR) is 96.2 cm³/mol. The molecule has 1 aliphatic rings. The highest BCUT2D eigenvalue weighted by molar-refractivity contribution is 5.04.